The first-order chi connectivity index (χ1) is 6.88. The van der Waals surface area contributed by atoms with Crippen LogP contribution in [0.4, 0.5) is 0 Å². The summed E-state index contributed by atoms with van der Waals surface area (Å²) < 4.78 is 0. The summed E-state index contributed by atoms with van der Waals surface area (Å²) in [6, 6.07) is 0.746. The third-order valence-corrected chi connectivity index (χ3v) is 4.70. The van der Waals surface area contributed by atoms with Crippen LogP contribution in [0.3, 0.4) is 0 Å². The molecule has 0 saturated carbocycles. The Labute approximate surface area is 91.8 Å². The van der Waals surface area contributed by atoms with Gasteiger partial charge in [-0.3, -0.25) is 4.90 Å². The summed E-state index contributed by atoms with van der Waals surface area (Å²) in [5, 5.41) is 4.51. The average molecular weight is 214 g/mol. The van der Waals surface area contributed by atoms with Crippen LogP contribution in [-0.4, -0.2) is 48.1 Å². The quantitative estimate of drug-likeness (QED) is 0.768. The molecule has 2 heterocycles. The van der Waals surface area contributed by atoms with E-state index in [9.17, 15) is 0 Å². The lowest BCUT2D eigenvalue weighted by atomic mass is 10.1. The summed E-state index contributed by atoms with van der Waals surface area (Å²) in [5.74, 6) is 1.40. The van der Waals surface area contributed by atoms with Crippen molar-refractivity contribution in [1.82, 2.24) is 10.2 Å². The van der Waals surface area contributed by atoms with Gasteiger partial charge in [0.2, 0.25) is 0 Å². The molecule has 2 aliphatic heterocycles. The normalized spacial score (nSPS) is 34.9. The monoisotopic (exact) mass is 214 g/mol. The third kappa shape index (κ3) is 2.88. The minimum atomic E-state index is 0.746. The van der Waals surface area contributed by atoms with Gasteiger partial charge >= 0.3 is 0 Å². The molecule has 14 heavy (non-hydrogen) atoms. The smallest absolute Gasteiger partial charge is 0.0192 e. The van der Waals surface area contributed by atoms with Gasteiger partial charge in [0, 0.05) is 37.5 Å². The maximum absolute atomic E-state index is 3.58. The lowest BCUT2D eigenvalue weighted by molar-refractivity contribution is 0.197. The molecule has 2 unspecified atom stereocenters. The average Bonchev–Trinajstić information content (AvgIpc) is 2.71. The maximum atomic E-state index is 3.58. The molecule has 0 spiro atoms. The number of nitrogens with one attached hydrogen (secondary N) is 1. The topological polar surface area (TPSA) is 15.3 Å². The molecule has 2 aliphatic rings. The predicted octanol–water partition coefficient (Wildman–Crippen LogP) is 1.57. The van der Waals surface area contributed by atoms with Crippen molar-refractivity contribution >= 4 is 11.8 Å². The van der Waals surface area contributed by atoms with Gasteiger partial charge < -0.3 is 5.32 Å². The molecular weight excluding hydrogens is 192 g/mol. The number of thioether (sulfide) groups is 1. The molecule has 1 N–H and O–H groups in total. The molecule has 2 rings (SSSR count). The van der Waals surface area contributed by atoms with Crippen molar-refractivity contribution in [3.8, 4) is 0 Å². The standard InChI is InChI=1S/C11H22N2S/c1-2-10-8-13(6-5-12-10)9-11-4-3-7-14-11/h10-12H,2-9H2,1H3. The van der Waals surface area contributed by atoms with Crippen LogP contribution in [0.1, 0.15) is 26.2 Å². The SMILES string of the molecule is CCC1CN(CC2CCCS2)CCN1. The van der Waals surface area contributed by atoms with Crippen LogP contribution in [0.25, 0.3) is 0 Å². The Morgan fingerprint density at radius 3 is 3.14 bits per heavy atom. The predicted molar refractivity (Wildman–Crippen MR) is 64.0 cm³/mol. The van der Waals surface area contributed by atoms with Gasteiger partial charge in [-0.1, -0.05) is 6.92 Å². The van der Waals surface area contributed by atoms with E-state index in [4.69, 9.17) is 0 Å². The zero-order valence-electron chi connectivity index (χ0n) is 9.17. The van der Waals surface area contributed by atoms with Gasteiger partial charge in [0.15, 0.2) is 0 Å². The van der Waals surface area contributed by atoms with E-state index in [1.54, 1.807) is 0 Å². The zero-order chi connectivity index (χ0) is 9.80. The van der Waals surface area contributed by atoms with E-state index in [-0.39, 0.29) is 0 Å². The highest BCUT2D eigenvalue weighted by atomic mass is 32.2. The van der Waals surface area contributed by atoms with Gasteiger partial charge in [-0.25, -0.2) is 0 Å². The zero-order valence-corrected chi connectivity index (χ0v) is 9.98. The molecular formula is C11H22N2S. The molecule has 3 heteroatoms. The summed E-state index contributed by atoms with van der Waals surface area (Å²) in [6.45, 7) is 7.34. The number of nitrogens with zero attached hydrogens (tertiary/aromatic N) is 1. The van der Waals surface area contributed by atoms with Crippen LogP contribution in [0, 0.1) is 0 Å². The van der Waals surface area contributed by atoms with Crippen molar-refractivity contribution in [2.24, 2.45) is 0 Å². The Hall–Kier alpha value is 0.270. The van der Waals surface area contributed by atoms with Crippen molar-refractivity contribution in [3.63, 3.8) is 0 Å². The minimum Gasteiger partial charge on any atom is -0.311 e. The summed E-state index contributed by atoms with van der Waals surface area (Å²) in [6.07, 6.45) is 4.17. The van der Waals surface area contributed by atoms with Gasteiger partial charge in [0.05, 0.1) is 0 Å². The highest BCUT2D eigenvalue weighted by Crippen LogP contribution is 2.26. The molecule has 82 valence electrons. The fourth-order valence-electron chi connectivity index (χ4n) is 2.41. The van der Waals surface area contributed by atoms with E-state index >= 15 is 0 Å². The van der Waals surface area contributed by atoms with Crippen molar-refractivity contribution in [3.05, 3.63) is 0 Å². The van der Waals surface area contributed by atoms with Gasteiger partial charge in [0.1, 0.15) is 0 Å². The van der Waals surface area contributed by atoms with Gasteiger partial charge in [-0.05, 0) is 25.0 Å². The Kier molecular flexibility index (Phi) is 4.14. The molecule has 0 aliphatic carbocycles. The minimum absolute atomic E-state index is 0.746. The summed E-state index contributed by atoms with van der Waals surface area (Å²) in [5.41, 5.74) is 0. The highest BCUT2D eigenvalue weighted by molar-refractivity contribution is 8.00. The van der Waals surface area contributed by atoms with Gasteiger partial charge in [-0.2, -0.15) is 11.8 Å². The largest absolute Gasteiger partial charge is 0.311 e. The van der Waals surface area contributed by atoms with Crippen LogP contribution in [-0.2, 0) is 0 Å². The molecule has 2 saturated heterocycles. The first-order valence-corrected chi connectivity index (χ1v) is 7.00. The van der Waals surface area contributed by atoms with E-state index in [2.05, 4.69) is 28.9 Å². The Morgan fingerprint density at radius 1 is 1.50 bits per heavy atom. The van der Waals surface area contributed by atoms with Crippen LogP contribution < -0.4 is 5.32 Å². The summed E-state index contributed by atoms with van der Waals surface area (Å²) in [4.78, 5) is 2.66. The van der Waals surface area contributed by atoms with Gasteiger partial charge in [0.25, 0.3) is 0 Å². The van der Waals surface area contributed by atoms with E-state index in [0.29, 0.717) is 0 Å². The lowest BCUT2D eigenvalue weighted by Gasteiger charge is -2.34. The number of hydrogen-bond acceptors (Lipinski definition) is 3. The molecule has 0 amide bonds. The first-order valence-electron chi connectivity index (χ1n) is 5.96. The van der Waals surface area contributed by atoms with Crippen LogP contribution in [0.5, 0.6) is 0 Å². The molecule has 0 aromatic carbocycles. The van der Waals surface area contributed by atoms with E-state index in [1.165, 1.54) is 51.2 Å². The third-order valence-electron chi connectivity index (χ3n) is 3.32. The van der Waals surface area contributed by atoms with Crippen molar-refractivity contribution in [2.75, 3.05) is 31.9 Å². The second-order valence-electron chi connectivity index (χ2n) is 4.45. The number of hydrogen-bond donors (Lipinski definition) is 1. The molecule has 0 radical (unpaired) electrons. The van der Waals surface area contributed by atoms with Crippen LogP contribution >= 0.6 is 11.8 Å². The molecule has 2 nitrogen and oxygen atoms in total. The molecule has 0 aromatic heterocycles. The van der Waals surface area contributed by atoms with E-state index in [0.717, 1.165) is 11.3 Å². The van der Waals surface area contributed by atoms with Crippen molar-refractivity contribution in [2.45, 2.75) is 37.5 Å². The van der Waals surface area contributed by atoms with E-state index < -0.39 is 0 Å². The Bertz CT molecular complexity index is 169. The second kappa shape index (κ2) is 5.38. The van der Waals surface area contributed by atoms with Gasteiger partial charge in [-0.15, -0.1) is 0 Å². The van der Waals surface area contributed by atoms with Crippen molar-refractivity contribution < 1.29 is 0 Å². The molecule has 0 aromatic rings. The highest BCUT2D eigenvalue weighted by Gasteiger charge is 2.22. The van der Waals surface area contributed by atoms with Crippen molar-refractivity contribution in [1.29, 1.82) is 0 Å². The second-order valence-corrected chi connectivity index (χ2v) is 5.86. The Morgan fingerprint density at radius 2 is 2.43 bits per heavy atom. The molecule has 2 fully saturated rings. The fourth-order valence-corrected chi connectivity index (χ4v) is 3.73. The lowest BCUT2D eigenvalue weighted by Crippen LogP contribution is -2.51. The fraction of sp³-hybridized carbons (Fsp3) is 1.00. The number of rotatable bonds is 3. The first kappa shape index (κ1) is 10.8. The summed E-state index contributed by atoms with van der Waals surface area (Å²) in [7, 11) is 0. The maximum Gasteiger partial charge on any atom is 0.0192 e. The molecule has 2 atom stereocenters. The van der Waals surface area contributed by atoms with Crippen LogP contribution in [0.2, 0.25) is 0 Å². The van der Waals surface area contributed by atoms with E-state index in [1.807, 2.05) is 0 Å². The Balaban J connectivity index is 1.73. The summed E-state index contributed by atoms with van der Waals surface area (Å²) >= 11 is 2.18. The van der Waals surface area contributed by atoms with Crippen LogP contribution in [0.15, 0.2) is 0 Å². The molecule has 0 bridgehead atoms. The number of piperazine rings is 1.